The molecule has 0 radical (unpaired) electrons. The molecule has 0 fully saturated rings. The Labute approximate surface area is 58.8 Å². The maximum absolute atomic E-state index is 11.1. The molecule has 0 spiro atoms. The normalized spacial score (nSPS) is 10.3. The Bertz CT molecular complexity index is 279. The Hall–Kier alpha value is -1.19. The predicted molar refractivity (Wildman–Crippen MR) is 39.8 cm³/mol. The fraction of sp³-hybridized carbons (Fsp3) is 0.500. The number of hydrogen-bond donors (Lipinski definition) is 1. The van der Waals surface area contributed by atoms with E-state index in [1.165, 1.54) is 4.68 Å². The second-order valence-corrected chi connectivity index (χ2v) is 2.36. The SMILES string of the molecule is Cc1c(N)n(C)n(C)c1=O. The molecular formula is C6H11N3O. The van der Waals surface area contributed by atoms with Gasteiger partial charge in [-0.2, -0.15) is 0 Å². The van der Waals surface area contributed by atoms with Crippen molar-refractivity contribution in [1.29, 1.82) is 0 Å². The van der Waals surface area contributed by atoms with E-state index in [0.717, 1.165) is 0 Å². The number of nitrogens with zero attached hydrogens (tertiary/aromatic N) is 2. The Morgan fingerprint density at radius 2 is 1.80 bits per heavy atom. The molecule has 0 bridgehead atoms. The Balaban J connectivity index is 3.60. The molecule has 1 aromatic heterocycles. The van der Waals surface area contributed by atoms with Gasteiger partial charge in [-0.05, 0) is 6.92 Å². The number of anilines is 1. The standard InChI is InChI=1S/C6H11N3O/c1-4-5(7)8(2)9(3)6(4)10/h7H2,1-3H3. The highest BCUT2D eigenvalue weighted by molar-refractivity contribution is 5.37. The summed E-state index contributed by atoms with van der Waals surface area (Å²) in [6.07, 6.45) is 0. The van der Waals surface area contributed by atoms with Crippen molar-refractivity contribution in [2.24, 2.45) is 14.1 Å². The van der Waals surface area contributed by atoms with Crippen LogP contribution >= 0.6 is 0 Å². The van der Waals surface area contributed by atoms with Crippen molar-refractivity contribution in [2.45, 2.75) is 6.92 Å². The van der Waals surface area contributed by atoms with Crippen LogP contribution in [0.3, 0.4) is 0 Å². The van der Waals surface area contributed by atoms with E-state index in [-0.39, 0.29) is 5.56 Å². The summed E-state index contributed by atoms with van der Waals surface area (Å²) in [5.74, 6) is 0.535. The van der Waals surface area contributed by atoms with Crippen molar-refractivity contribution in [3.8, 4) is 0 Å². The van der Waals surface area contributed by atoms with E-state index < -0.39 is 0 Å². The maximum atomic E-state index is 11.1. The van der Waals surface area contributed by atoms with E-state index in [1.54, 1.807) is 25.7 Å². The van der Waals surface area contributed by atoms with Crippen LogP contribution in [0.1, 0.15) is 5.56 Å². The quantitative estimate of drug-likeness (QED) is 0.535. The highest BCUT2D eigenvalue weighted by Crippen LogP contribution is 2.02. The average Bonchev–Trinajstić information content (AvgIpc) is 2.07. The van der Waals surface area contributed by atoms with Crippen molar-refractivity contribution in [2.75, 3.05) is 5.73 Å². The summed E-state index contributed by atoms with van der Waals surface area (Å²) >= 11 is 0. The molecule has 2 N–H and O–H groups in total. The summed E-state index contributed by atoms with van der Waals surface area (Å²) in [5.41, 5.74) is 6.13. The minimum Gasteiger partial charge on any atom is -0.384 e. The molecule has 4 heteroatoms. The molecule has 1 rings (SSSR count). The molecule has 0 aliphatic rings. The molecule has 0 aliphatic heterocycles. The van der Waals surface area contributed by atoms with Crippen LogP contribution in [0.25, 0.3) is 0 Å². The molecule has 0 atom stereocenters. The number of aromatic nitrogens is 2. The smallest absolute Gasteiger partial charge is 0.271 e. The second-order valence-electron chi connectivity index (χ2n) is 2.36. The summed E-state index contributed by atoms with van der Waals surface area (Å²) in [5, 5.41) is 0. The molecule has 4 nitrogen and oxygen atoms in total. The van der Waals surface area contributed by atoms with Crippen LogP contribution < -0.4 is 11.3 Å². The third-order valence-corrected chi connectivity index (χ3v) is 1.80. The number of nitrogen functional groups attached to an aromatic ring is 1. The Morgan fingerprint density at radius 3 is 1.90 bits per heavy atom. The van der Waals surface area contributed by atoms with Gasteiger partial charge in [0.2, 0.25) is 0 Å². The zero-order valence-corrected chi connectivity index (χ0v) is 6.38. The molecule has 0 saturated carbocycles. The zero-order valence-electron chi connectivity index (χ0n) is 6.38. The van der Waals surface area contributed by atoms with Crippen LogP contribution in [-0.2, 0) is 14.1 Å². The van der Waals surface area contributed by atoms with Gasteiger partial charge in [0.05, 0.1) is 5.56 Å². The Morgan fingerprint density at radius 1 is 1.30 bits per heavy atom. The molecule has 1 heterocycles. The lowest BCUT2D eigenvalue weighted by atomic mass is 10.4. The summed E-state index contributed by atoms with van der Waals surface area (Å²) in [6, 6.07) is 0. The van der Waals surface area contributed by atoms with Gasteiger partial charge in [-0.15, -0.1) is 0 Å². The fourth-order valence-corrected chi connectivity index (χ4v) is 0.893. The molecule has 1 aromatic rings. The number of rotatable bonds is 0. The molecule has 0 aliphatic carbocycles. The topological polar surface area (TPSA) is 52.9 Å². The van der Waals surface area contributed by atoms with Crippen LogP contribution in [-0.4, -0.2) is 9.36 Å². The van der Waals surface area contributed by atoms with Crippen LogP contribution in [0.4, 0.5) is 5.82 Å². The largest absolute Gasteiger partial charge is 0.384 e. The first-order valence-electron chi connectivity index (χ1n) is 3.03. The van der Waals surface area contributed by atoms with Gasteiger partial charge < -0.3 is 5.73 Å². The third-order valence-electron chi connectivity index (χ3n) is 1.80. The van der Waals surface area contributed by atoms with Crippen molar-refractivity contribution in [3.63, 3.8) is 0 Å². The number of nitrogens with two attached hydrogens (primary N) is 1. The van der Waals surface area contributed by atoms with Gasteiger partial charge in [-0.1, -0.05) is 0 Å². The van der Waals surface area contributed by atoms with Crippen LogP contribution in [0.15, 0.2) is 4.79 Å². The molecule has 0 amide bonds. The van der Waals surface area contributed by atoms with E-state index in [4.69, 9.17) is 5.73 Å². The summed E-state index contributed by atoms with van der Waals surface area (Å²) < 4.78 is 3.10. The molecule has 56 valence electrons. The third kappa shape index (κ3) is 0.650. The van der Waals surface area contributed by atoms with Crippen LogP contribution in [0.5, 0.6) is 0 Å². The van der Waals surface area contributed by atoms with Crippen molar-refractivity contribution < 1.29 is 0 Å². The van der Waals surface area contributed by atoms with Crippen molar-refractivity contribution in [1.82, 2.24) is 9.36 Å². The summed E-state index contributed by atoms with van der Waals surface area (Å²) in [7, 11) is 3.44. The summed E-state index contributed by atoms with van der Waals surface area (Å²) in [4.78, 5) is 11.1. The number of hydrogen-bond acceptors (Lipinski definition) is 2. The second kappa shape index (κ2) is 1.90. The van der Waals surface area contributed by atoms with E-state index in [1.807, 2.05) is 0 Å². The van der Waals surface area contributed by atoms with Crippen LogP contribution in [0, 0.1) is 6.92 Å². The molecule has 0 saturated heterocycles. The Kier molecular flexibility index (Phi) is 1.31. The van der Waals surface area contributed by atoms with Gasteiger partial charge in [0.1, 0.15) is 5.82 Å². The van der Waals surface area contributed by atoms with Gasteiger partial charge in [0, 0.05) is 14.1 Å². The maximum Gasteiger partial charge on any atom is 0.271 e. The lowest BCUT2D eigenvalue weighted by molar-refractivity contribution is 0.586. The monoisotopic (exact) mass is 141 g/mol. The van der Waals surface area contributed by atoms with Gasteiger partial charge in [0.25, 0.3) is 5.56 Å². The highest BCUT2D eigenvalue weighted by atomic mass is 16.1. The highest BCUT2D eigenvalue weighted by Gasteiger charge is 2.06. The summed E-state index contributed by atoms with van der Waals surface area (Å²) in [6.45, 7) is 1.72. The fourth-order valence-electron chi connectivity index (χ4n) is 0.893. The lowest BCUT2D eigenvalue weighted by Crippen LogP contribution is -2.17. The predicted octanol–water partition coefficient (Wildman–Crippen LogP) is -0.386. The van der Waals surface area contributed by atoms with Crippen molar-refractivity contribution >= 4 is 5.82 Å². The average molecular weight is 141 g/mol. The first kappa shape index (κ1) is 6.92. The molecular weight excluding hydrogens is 130 g/mol. The van der Waals surface area contributed by atoms with E-state index >= 15 is 0 Å². The van der Waals surface area contributed by atoms with Crippen LogP contribution in [0.2, 0.25) is 0 Å². The molecule has 0 unspecified atom stereocenters. The van der Waals surface area contributed by atoms with Gasteiger partial charge in [-0.25, -0.2) is 0 Å². The molecule has 0 aromatic carbocycles. The van der Waals surface area contributed by atoms with E-state index in [0.29, 0.717) is 11.4 Å². The first-order chi connectivity index (χ1) is 4.55. The van der Waals surface area contributed by atoms with E-state index in [2.05, 4.69) is 0 Å². The first-order valence-corrected chi connectivity index (χ1v) is 3.03. The van der Waals surface area contributed by atoms with Gasteiger partial charge >= 0.3 is 0 Å². The molecule has 10 heavy (non-hydrogen) atoms. The zero-order chi connectivity index (χ0) is 7.89. The van der Waals surface area contributed by atoms with Crippen molar-refractivity contribution in [3.05, 3.63) is 15.9 Å². The lowest BCUT2D eigenvalue weighted by Gasteiger charge is -1.99. The minimum absolute atomic E-state index is 0.0278. The van der Waals surface area contributed by atoms with Gasteiger partial charge in [-0.3, -0.25) is 14.2 Å². The van der Waals surface area contributed by atoms with Gasteiger partial charge in [0.15, 0.2) is 0 Å². The minimum atomic E-state index is -0.0278. The van der Waals surface area contributed by atoms with E-state index in [9.17, 15) is 4.79 Å².